The van der Waals surface area contributed by atoms with Gasteiger partial charge in [0.2, 0.25) is 0 Å². The van der Waals surface area contributed by atoms with E-state index < -0.39 is 35.4 Å². The number of hydrogen-bond acceptors (Lipinski definition) is 12. The third-order valence-electron chi connectivity index (χ3n) is 8.16. The molecule has 14 nitrogen and oxygen atoms in total. The second-order valence-corrected chi connectivity index (χ2v) is 13.6. The van der Waals surface area contributed by atoms with Crippen LogP contribution in [0.1, 0.15) is 0 Å². The fourth-order valence-electron chi connectivity index (χ4n) is 6.13. The number of aromatic nitrogens is 8. The van der Waals surface area contributed by atoms with Gasteiger partial charge < -0.3 is 19.1 Å². The van der Waals surface area contributed by atoms with E-state index in [2.05, 4.69) is 19.9 Å². The molecule has 8 bridgehead atoms. The van der Waals surface area contributed by atoms with Gasteiger partial charge in [-0.3, -0.25) is 0 Å². The molecule has 2 aliphatic rings. The summed E-state index contributed by atoms with van der Waals surface area (Å²) in [5.74, 6) is 0.876. The molecule has 237 valence electrons. The second-order valence-electron chi connectivity index (χ2n) is 11.0. The predicted molar refractivity (Wildman–Crippen MR) is 172 cm³/mol. The molecule has 0 saturated heterocycles. The van der Waals surface area contributed by atoms with Gasteiger partial charge in [0.05, 0.1) is 9.79 Å². The van der Waals surface area contributed by atoms with Gasteiger partial charge in [-0.15, -0.1) is 0 Å². The number of nitrogens with one attached hydrogen (secondary N) is 2. The molecule has 5 heterocycles. The Morgan fingerprint density at radius 1 is 0.449 bits per heavy atom. The van der Waals surface area contributed by atoms with Gasteiger partial charge in [-0.05, 0) is 12.1 Å². The number of fused-ring (bicyclic) bond motifs is 20. The average Bonchev–Trinajstić information content (AvgIpc) is 3.79. The van der Waals surface area contributed by atoms with E-state index in [0.29, 0.717) is 39.4 Å². The van der Waals surface area contributed by atoms with Gasteiger partial charge in [-0.2, -0.15) is 0 Å². The van der Waals surface area contributed by atoms with Crippen molar-refractivity contribution in [2.45, 2.75) is 9.79 Å². The summed E-state index contributed by atoms with van der Waals surface area (Å²) in [4.78, 5) is 32.2. The second kappa shape index (κ2) is 10.8. The van der Waals surface area contributed by atoms with Gasteiger partial charge in [0.1, 0.15) is 42.8 Å². The van der Waals surface area contributed by atoms with E-state index in [1.165, 1.54) is 6.07 Å². The van der Waals surface area contributed by atoms with Crippen LogP contribution in [-0.2, 0) is 38.8 Å². The number of nitrogens with zero attached hydrogens (tertiary/aromatic N) is 6. The predicted octanol–water partition coefficient (Wildman–Crippen LogP) is 4.67. The van der Waals surface area contributed by atoms with Crippen LogP contribution >= 0.6 is 0 Å². The summed E-state index contributed by atoms with van der Waals surface area (Å²) in [5, 5.41) is 1.13. The summed E-state index contributed by atoms with van der Waals surface area (Å²) in [6, 6.07) is 23.8. The molecule has 2 aliphatic heterocycles. The molecular weight excluding hydrogens is 707 g/mol. The Kier molecular flexibility index (Phi) is 6.84. The summed E-state index contributed by atoms with van der Waals surface area (Å²) in [7, 11) is -11.0. The molecule has 2 N–H and O–H groups in total. The molecule has 9 rings (SSSR count). The molecule has 0 spiro atoms. The molecule has 0 saturated carbocycles. The van der Waals surface area contributed by atoms with Crippen LogP contribution in [0.4, 0.5) is 0 Å². The zero-order valence-electron chi connectivity index (χ0n) is 24.5. The number of rotatable bonds is 2. The first-order valence-corrected chi connectivity index (χ1v) is 17.1. The van der Waals surface area contributed by atoms with Crippen LogP contribution < -0.4 is 0 Å². The SMILES string of the molecule is O=S(=O)([O-])c1ccc2c3nc4nc(nc5[nH]c(nc6nc(nc([nH]3)c2c1S(=O)(=O)[O-])-c1ccccc1-6)c1ccccc51)-c1ccccc1-4.[V+2]. The standard InChI is InChI=1S/C32H18N8O6S2.V/c41-47(42,43)22-14-13-21-23(24(22)48(44,45)46)32-39-30-20-12-6-5-11-19(20)28(37-30)35-26-16-8-2-1-7-15(16)25(33-26)34-27-17-9-3-4-10-18(17)29(36-27)38-31(21)40-32;/h1-14H,(H,41,42,43)(H,44,45,46)(H2,33,34,35,36,37,38,39,40);/q;+2/p-2. The largest absolute Gasteiger partial charge is 2.00 e. The average molecular weight is 724 g/mol. The molecule has 3 aromatic heterocycles. The molecule has 1 radical (unpaired) electrons. The summed E-state index contributed by atoms with van der Waals surface area (Å²) >= 11 is 0. The number of H-pyrrole nitrogens is 2. The number of benzene rings is 4. The molecule has 0 amide bonds. The van der Waals surface area contributed by atoms with Crippen molar-refractivity contribution in [2.24, 2.45) is 0 Å². The summed E-state index contributed by atoms with van der Waals surface area (Å²) < 4.78 is 74.7. The van der Waals surface area contributed by atoms with E-state index in [1.807, 2.05) is 36.4 Å². The minimum Gasteiger partial charge on any atom is -0.744 e. The topological polar surface area (TPSA) is 223 Å². The number of hydrogen-bond donors (Lipinski definition) is 2. The Labute approximate surface area is 287 Å². The van der Waals surface area contributed by atoms with Crippen LogP contribution in [-0.4, -0.2) is 65.8 Å². The van der Waals surface area contributed by atoms with Crippen molar-refractivity contribution in [3.63, 3.8) is 0 Å². The maximum Gasteiger partial charge on any atom is 2.00 e. The molecule has 0 fully saturated rings. The van der Waals surface area contributed by atoms with E-state index in [1.54, 1.807) is 36.4 Å². The van der Waals surface area contributed by atoms with Crippen molar-refractivity contribution in [1.29, 1.82) is 0 Å². The Balaban J connectivity index is 0.00000348. The van der Waals surface area contributed by atoms with Gasteiger partial charge in [-0.1, -0.05) is 72.8 Å². The first-order valence-electron chi connectivity index (χ1n) is 14.2. The van der Waals surface area contributed by atoms with Crippen molar-refractivity contribution in [2.75, 3.05) is 0 Å². The van der Waals surface area contributed by atoms with Gasteiger partial charge in [0.25, 0.3) is 0 Å². The molecule has 4 aromatic carbocycles. The Hall–Kier alpha value is -5.36. The molecular formula is C32H16N8O6S2V. The van der Waals surface area contributed by atoms with Crippen LogP contribution in [0.3, 0.4) is 0 Å². The summed E-state index contributed by atoms with van der Waals surface area (Å²) in [6.07, 6.45) is 0. The van der Waals surface area contributed by atoms with Gasteiger partial charge in [0.15, 0.2) is 23.3 Å². The third-order valence-corrected chi connectivity index (χ3v) is 10.1. The quantitative estimate of drug-likeness (QED) is 0.232. The third kappa shape index (κ3) is 4.84. The fraction of sp³-hybridized carbons (Fsp3) is 0. The molecule has 0 atom stereocenters. The van der Waals surface area contributed by atoms with Gasteiger partial charge in [0, 0.05) is 43.8 Å². The first kappa shape index (κ1) is 30.9. The zero-order valence-corrected chi connectivity index (χ0v) is 27.5. The molecule has 0 unspecified atom stereocenters. The normalized spacial score (nSPS) is 12.4. The Bertz CT molecular complexity index is 2980. The maximum absolute atomic E-state index is 12.7. The van der Waals surface area contributed by atoms with Crippen LogP contribution in [0.25, 0.3) is 89.7 Å². The molecule has 17 heteroatoms. The van der Waals surface area contributed by atoms with Crippen LogP contribution in [0.2, 0.25) is 0 Å². The maximum atomic E-state index is 12.7. The van der Waals surface area contributed by atoms with E-state index in [-0.39, 0.29) is 52.7 Å². The van der Waals surface area contributed by atoms with E-state index >= 15 is 0 Å². The monoisotopic (exact) mass is 723 g/mol. The van der Waals surface area contributed by atoms with E-state index in [9.17, 15) is 25.9 Å². The van der Waals surface area contributed by atoms with Crippen molar-refractivity contribution in [1.82, 2.24) is 39.9 Å². The first-order chi connectivity index (χ1) is 23.0. The molecule has 49 heavy (non-hydrogen) atoms. The smallest absolute Gasteiger partial charge is 0.744 e. The molecule has 0 aliphatic carbocycles. The minimum atomic E-state index is -5.56. The Morgan fingerprint density at radius 3 is 1.27 bits per heavy atom. The van der Waals surface area contributed by atoms with Crippen LogP contribution in [0.15, 0.2) is 94.7 Å². The van der Waals surface area contributed by atoms with Gasteiger partial charge >= 0.3 is 18.6 Å². The van der Waals surface area contributed by atoms with Gasteiger partial charge in [-0.25, -0.2) is 46.7 Å². The van der Waals surface area contributed by atoms with Crippen molar-refractivity contribution >= 4 is 64.4 Å². The molecule has 7 aromatic rings. The van der Waals surface area contributed by atoms with Crippen molar-refractivity contribution in [3.8, 4) is 45.6 Å². The summed E-state index contributed by atoms with van der Waals surface area (Å²) in [6.45, 7) is 0. The minimum absolute atomic E-state index is 0. The zero-order chi connectivity index (χ0) is 32.9. The van der Waals surface area contributed by atoms with E-state index in [0.717, 1.165) is 16.8 Å². The Morgan fingerprint density at radius 2 is 0.837 bits per heavy atom. The summed E-state index contributed by atoms with van der Waals surface area (Å²) in [5.41, 5.74) is 3.08. The number of aromatic amines is 2. The van der Waals surface area contributed by atoms with Crippen LogP contribution in [0.5, 0.6) is 0 Å². The fourth-order valence-corrected chi connectivity index (χ4v) is 8.07. The van der Waals surface area contributed by atoms with Crippen LogP contribution in [0, 0.1) is 0 Å². The van der Waals surface area contributed by atoms with E-state index in [4.69, 9.17) is 19.9 Å². The van der Waals surface area contributed by atoms with Crippen molar-refractivity contribution in [3.05, 3.63) is 84.9 Å². The van der Waals surface area contributed by atoms with Crippen molar-refractivity contribution < 1.29 is 44.5 Å².